The van der Waals surface area contributed by atoms with E-state index >= 15 is 0 Å². The van der Waals surface area contributed by atoms with Crippen molar-refractivity contribution in [3.05, 3.63) is 60.3 Å². The molecule has 0 aromatic heterocycles. The molecule has 0 aromatic rings. The van der Waals surface area contributed by atoms with Crippen LogP contribution in [0.25, 0.3) is 0 Å². The first-order chi connectivity index (χ1) is 32.6. The molecule has 0 aliphatic rings. The molecule has 0 heterocycles. The molecule has 0 aliphatic carbocycles. The molecular weight excluding hydrogens is 891 g/mol. The molecule has 0 saturated heterocycles. The van der Waals surface area contributed by atoms with Crippen molar-refractivity contribution in [3.63, 3.8) is 0 Å². The number of aliphatic hydroxyl groups is 9. The molecule has 398 valence electrons. The van der Waals surface area contributed by atoms with Crippen molar-refractivity contribution in [2.45, 2.75) is 192 Å². The molecule has 0 bridgehead atoms. The van der Waals surface area contributed by atoms with E-state index in [1.54, 1.807) is 59.0 Å². The number of guanidine groups is 1. The lowest BCUT2D eigenvalue weighted by atomic mass is 9.86. The van der Waals surface area contributed by atoms with Crippen LogP contribution in [0.3, 0.4) is 0 Å². The smallest absolute Gasteiger partial charge is 0.331 e. The summed E-state index contributed by atoms with van der Waals surface area (Å²) in [5.74, 6) is -2.53. The third-order valence-electron chi connectivity index (χ3n) is 12.6. The van der Waals surface area contributed by atoms with E-state index in [0.29, 0.717) is 18.3 Å². The van der Waals surface area contributed by atoms with Crippen molar-refractivity contribution in [2.24, 2.45) is 34.6 Å². The van der Waals surface area contributed by atoms with E-state index in [0.717, 1.165) is 44.6 Å². The number of unbranched alkanes of at least 4 members (excludes halogenated alkanes) is 2. The Hall–Kier alpha value is -3.78. The molecule has 0 aromatic carbocycles. The number of carboxylic acids is 1. The fourth-order valence-electron chi connectivity index (χ4n) is 7.77. The summed E-state index contributed by atoms with van der Waals surface area (Å²) < 4.78 is 6.04. The summed E-state index contributed by atoms with van der Waals surface area (Å²) in [6.07, 6.45) is 10.8. The summed E-state index contributed by atoms with van der Waals surface area (Å²) in [4.78, 5) is 38.8. The van der Waals surface area contributed by atoms with Crippen LogP contribution in [0.1, 0.15) is 131 Å². The monoisotopic (exact) mass is 982 g/mol. The summed E-state index contributed by atoms with van der Waals surface area (Å²) in [6.45, 7) is 11.6. The van der Waals surface area contributed by atoms with Crippen LogP contribution in [0.4, 0.5) is 0 Å². The predicted molar refractivity (Wildman–Crippen MR) is 269 cm³/mol. The van der Waals surface area contributed by atoms with Crippen molar-refractivity contribution in [2.75, 3.05) is 20.6 Å². The molecule has 12 N–H and O–H groups in total. The van der Waals surface area contributed by atoms with Gasteiger partial charge in [0.15, 0.2) is 5.96 Å². The summed E-state index contributed by atoms with van der Waals surface area (Å²) in [5, 5.41) is 109. The number of aldehydes is 1. The van der Waals surface area contributed by atoms with Crippen LogP contribution in [0.5, 0.6) is 0 Å². The van der Waals surface area contributed by atoms with Gasteiger partial charge in [-0.05, 0) is 88.5 Å². The molecule has 0 rings (SSSR count). The maximum absolute atomic E-state index is 13.2. The lowest BCUT2D eigenvalue weighted by Crippen LogP contribution is -2.35. The molecule has 0 radical (unpaired) electrons. The highest BCUT2D eigenvalue weighted by Crippen LogP contribution is 2.26. The number of rotatable bonds is 38. The zero-order valence-corrected chi connectivity index (χ0v) is 42.6. The Bertz CT molecular complexity index is 1590. The van der Waals surface area contributed by atoms with E-state index in [1.807, 2.05) is 27.0 Å². The molecule has 0 spiro atoms. The van der Waals surface area contributed by atoms with Crippen LogP contribution in [0, 0.1) is 29.6 Å². The van der Waals surface area contributed by atoms with E-state index in [-0.39, 0.29) is 69.1 Å². The molecule has 17 nitrogen and oxygen atoms in total. The third-order valence-corrected chi connectivity index (χ3v) is 12.6. The van der Waals surface area contributed by atoms with Gasteiger partial charge in [0.05, 0.1) is 61.4 Å². The number of carbonyl (C=O) groups is 3. The van der Waals surface area contributed by atoms with Crippen LogP contribution < -0.4 is 10.6 Å². The lowest BCUT2D eigenvalue weighted by molar-refractivity contribution is -0.147. The van der Waals surface area contributed by atoms with Gasteiger partial charge < -0.3 is 71.2 Å². The van der Waals surface area contributed by atoms with Gasteiger partial charge in [-0.1, -0.05) is 83.2 Å². The Labute approximate surface area is 411 Å². The van der Waals surface area contributed by atoms with Gasteiger partial charge in [-0.25, -0.2) is 4.79 Å². The number of carboxylic acid groups (broad SMARTS) is 1. The van der Waals surface area contributed by atoms with Crippen LogP contribution in [-0.2, 0) is 19.1 Å². The van der Waals surface area contributed by atoms with E-state index in [2.05, 4.69) is 27.8 Å². The molecule has 17 heteroatoms. The number of hydrogen-bond donors (Lipinski definition) is 12. The number of ether oxygens (including phenoxy) is 1. The Kier molecular flexibility index (Phi) is 35.9. The van der Waals surface area contributed by atoms with Gasteiger partial charge in [0.25, 0.3) is 0 Å². The minimum atomic E-state index is -1.11. The summed E-state index contributed by atoms with van der Waals surface area (Å²) in [5.41, 5.74) is 0.558. The van der Waals surface area contributed by atoms with Crippen LogP contribution in [0.15, 0.2) is 65.2 Å². The number of esters is 1. The number of carbonyl (C=O) groups excluding carboxylic acids is 2. The highest BCUT2D eigenvalue weighted by molar-refractivity contribution is 5.82. The van der Waals surface area contributed by atoms with Gasteiger partial charge in [-0.3, -0.25) is 9.79 Å². The molecular formula is C52H91N3O14. The minimum absolute atomic E-state index is 0.0122. The molecule has 0 aliphatic heterocycles. The Morgan fingerprint density at radius 2 is 1.26 bits per heavy atom. The predicted octanol–water partition coefficient (Wildman–Crippen LogP) is 4.04. The molecule has 69 heavy (non-hydrogen) atoms. The van der Waals surface area contributed by atoms with Crippen LogP contribution in [0.2, 0.25) is 0 Å². The highest BCUT2D eigenvalue weighted by Gasteiger charge is 2.29. The molecule has 15 atom stereocenters. The summed E-state index contributed by atoms with van der Waals surface area (Å²) in [7, 11) is 3.53. The second-order valence-corrected chi connectivity index (χ2v) is 18.9. The maximum Gasteiger partial charge on any atom is 0.331 e. The van der Waals surface area contributed by atoms with Gasteiger partial charge in [0, 0.05) is 63.7 Å². The zero-order chi connectivity index (χ0) is 52.5. The Balaban J connectivity index is 5.61. The topological polar surface area (TPSA) is 299 Å². The highest BCUT2D eigenvalue weighted by atomic mass is 16.5. The first-order valence-electron chi connectivity index (χ1n) is 24.8. The largest absolute Gasteiger partial charge is 0.481 e. The SMILES string of the molecule is CN=C(NC)NCCC/C=C/CCCC(C)C(OC(=O)/C=C/C=C/C(C)C(O)CC(O)C(C)C(O)CCC(C)C(O)CC(=O)O)C(C)/C=C/C=C(\C)C(O)CC(O)CC(O)CC(O)CC(O)CC=O. The van der Waals surface area contributed by atoms with Gasteiger partial charge in [0.2, 0.25) is 0 Å². The van der Waals surface area contributed by atoms with Gasteiger partial charge >= 0.3 is 11.9 Å². The number of nitrogens with zero attached hydrogens (tertiary/aromatic N) is 1. The van der Waals surface area contributed by atoms with E-state index in [1.165, 1.54) is 12.2 Å². The molecule has 0 amide bonds. The quantitative estimate of drug-likeness (QED) is 0.00608. The zero-order valence-electron chi connectivity index (χ0n) is 42.6. The maximum atomic E-state index is 13.2. The van der Waals surface area contributed by atoms with E-state index in [4.69, 9.17) is 9.84 Å². The van der Waals surface area contributed by atoms with Gasteiger partial charge in [-0.15, -0.1) is 0 Å². The Morgan fingerprint density at radius 1 is 0.667 bits per heavy atom. The standard InChI is InChI=1S/C52H91N3O14/c1-34(46(63)32-48(65)39(6)44(61)24-23-36(3)47(64)33-49(66)67)18-14-15-22-50(68)69-51(37(4)19-13-11-9-10-12-16-26-55-52(53-7)54-8)38(5)21-17-20-35(2)45(62)31-43(60)30-42(59)29-41(58)28-40(57)25-27-56/h9-10,14-15,17-18,20-22,27,34,36-48,51,57-65H,11-13,16,19,23-26,28-33H2,1-8H3,(H,66,67)(H2,53,54,55)/b10-9+,18-14+,21-17+,22-15+,35-20+. The molecule has 0 fully saturated rings. The van der Waals surface area contributed by atoms with Crippen molar-refractivity contribution in [3.8, 4) is 0 Å². The van der Waals surface area contributed by atoms with Crippen molar-refractivity contribution >= 4 is 24.2 Å². The number of hydrogen-bond acceptors (Lipinski definition) is 14. The van der Waals surface area contributed by atoms with Crippen LogP contribution >= 0.6 is 0 Å². The summed E-state index contributed by atoms with van der Waals surface area (Å²) in [6, 6.07) is 0. The van der Waals surface area contributed by atoms with Crippen molar-refractivity contribution in [1.29, 1.82) is 0 Å². The number of nitrogens with one attached hydrogen (secondary N) is 2. The second kappa shape index (κ2) is 38.0. The minimum Gasteiger partial charge on any atom is -0.481 e. The number of aliphatic imine (C=N–C) groups is 1. The first kappa shape index (κ1) is 65.2. The van der Waals surface area contributed by atoms with Crippen molar-refractivity contribution in [1.82, 2.24) is 10.6 Å². The van der Waals surface area contributed by atoms with Crippen molar-refractivity contribution < 1.29 is 70.2 Å². The average molecular weight is 982 g/mol. The third kappa shape index (κ3) is 31.2. The summed E-state index contributed by atoms with van der Waals surface area (Å²) >= 11 is 0. The lowest BCUT2D eigenvalue weighted by Gasteiger charge is -2.28. The average Bonchev–Trinajstić information content (AvgIpc) is 3.28. The normalized spacial score (nSPS) is 19.6. The molecule has 0 saturated carbocycles. The molecule has 15 unspecified atom stereocenters. The van der Waals surface area contributed by atoms with Gasteiger partial charge in [0.1, 0.15) is 12.4 Å². The number of allylic oxidation sites excluding steroid dienone is 6. The van der Waals surface area contributed by atoms with Gasteiger partial charge in [-0.2, -0.15) is 0 Å². The second-order valence-electron chi connectivity index (χ2n) is 18.9. The fourth-order valence-corrected chi connectivity index (χ4v) is 7.77. The van der Waals surface area contributed by atoms with E-state index in [9.17, 15) is 60.3 Å². The number of aliphatic hydroxyl groups excluding tert-OH is 9. The fraction of sp³-hybridized carbons (Fsp3) is 0.731. The van der Waals surface area contributed by atoms with E-state index < -0.39 is 84.8 Å². The Morgan fingerprint density at radius 3 is 1.86 bits per heavy atom. The number of aliphatic carboxylic acids is 1. The first-order valence-corrected chi connectivity index (χ1v) is 24.8. The van der Waals surface area contributed by atoms with Crippen LogP contribution in [-0.4, -0.2) is 157 Å².